The van der Waals surface area contributed by atoms with Crippen molar-refractivity contribution in [3.8, 4) is 0 Å². The molecule has 5 rings (SSSR count). The number of Topliss-reactive ketones (excluding diaryl/α,β-unsaturated/α-hetero) is 1. The highest BCUT2D eigenvalue weighted by Crippen LogP contribution is 2.39. The molecule has 2 aromatic heterocycles. The molecule has 3 heterocycles. The number of aliphatic hydroxyl groups is 1. The molecule has 0 spiro atoms. The minimum absolute atomic E-state index is 0.0427. The van der Waals surface area contributed by atoms with E-state index in [1.807, 2.05) is 69.3 Å². The van der Waals surface area contributed by atoms with Crippen LogP contribution in [0.3, 0.4) is 0 Å². The van der Waals surface area contributed by atoms with Crippen LogP contribution in [0.2, 0.25) is 0 Å². The van der Waals surface area contributed by atoms with Gasteiger partial charge in [0.2, 0.25) is 5.78 Å². The lowest BCUT2D eigenvalue weighted by Crippen LogP contribution is -2.35. The number of hydrogen-bond acceptors (Lipinski definition) is 7. The molecule has 1 amide bonds. The number of nitrogens with zero attached hydrogens (tertiary/aromatic N) is 3. The van der Waals surface area contributed by atoms with Gasteiger partial charge in [0, 0.05) is 0 Å². The molecule has 0 saturated heterocycles. The maximum absolute atomic E-state index is 13.6. The third kappa shape index (κ3) is 4.09. The summed E-state index contributed by atoms with van der Waals surface area (Å²) in [5, 5.41) is 12.1. The van der Waals surface area contributed by atoms with Gasteiger partial charge in [-0.3, -0.25) is 14.5 Å². The molecule has 1 aliphatic heterocycles. The van der Waals surface area contributed by atoms with Gasteiger partial charge in [0.15, 0.2) is 10.9 Å². The predicted octanol–water partition coefficient (Wildman–Crippen LogP) is 6.11. The van der Waals surface area contributed by atoms with Crippen LogP contribution in [0.15, 0.2) is 59.9 Å². The largest absolute Gasteiger partial charge is 0.503 e. The summed E-state index contributed by atoms with van der Waals surface area (Å²) < 4.78 is 0.948. The van der Waals surface area contributed by atoms with Crippen molar-refractivity contribution in [1.82, 2.24) is 9.97 Å². The zero-order valence-electron chi connectivity index (χ0n) is 19.7. The van der Waals surface area contributed by atoms with Crippen LogP contribution in [-0.4, -0.2) is 32.8 Å². The van der Waals surface area contributed by atoms with E-state index in [2.05, 4.69) is 4.98 Å². The second kappa shape index (κ2) is 8.87. The van der Waals surface area contributed by atoms with E-state index in [1.165, 1.54) is 27.6 Å². The van der Waals surface area contributed by atoms with Crippen molar-refractivity contribution in [3.05, 3.63) is 92.1 Å². The summed E-state index contributed by atoms with van der Waals surface area (Å²) in [5.74, 6) is -1.57. The quantitative estimate of drug-likeness (QED) is 0.334. The van der Waals surface area contributed by atoms with Crippen molar-refractivity contribution in [1.29, 1.82) is 0 Å². The Morgan fingerprint density at radius 1 is 1.06 bits per heavy atom. The Morgan fingerprint density at radius 2 is 1.80 bits per heavy atom. The first-order valence-electron chi connectivity index (χ1n) is 11.1. The molecule has 0 radical (unpaired) electrons. The number of fused-ring (bicyclic) bond motifs is 1. The first-order chi connectivity index (χ1) is 16.7. The van der Waals surface area contributed by atoms with E-state index >= 15 is 0 Å². The lowest BCUT2D eigenvalue weighted by molar-refractivity contribution is -0.116. The maximum Gasteiger partial charge on any atom is 0.296 e. The van der Waals surface area contributed by atoms with Crippen LogP contribution in [0.25, 0.3) is 16.3 Å². The van der Waals surface area contributed by atoms with Gasteiger partial charge in [-0.1, -0.05) is 59.9 Å². The van der Waals surface area contributed by atoms with Gasteiger partial charge in [0.25, 0.3) is 5.91 Å². The summed E-state index contributed by atoms with van der Waals surface area (Å²) >= 11 is 2.63. The summed E-state index contributed by atoms with van der Waals surface area (Å²) in [6.07, 6.45) is 3.63. The molecule has 1 atom stereocenters. The molecule has 8 heteroatoms. The van der Waals surface area contributed by atoms with Crippen molar-refractivity contribution < 1.29 is 14.7 Å². The molecule has 4 aromatic rings. The molecule has 1 N–H and O–H groups in total. The van der Waals surface area contributed by atoms with Crippen LogP contribution in [0.5, 0.6) is 0 Å². The van der Waals surface area contributed by atoms with Crippen LogP contribution >= 0.6 is 22.7 Å². The second-order valence-electron chi connectivity index (χ2n) is 8.55. The Hall–Kier alpha value is -3.62. The van der Waals surface area contributed by atoms with E-state index in [1.54, 1.807) is 13.0 Å². The Bertz CT molecular complexity index is 1550. The fourth-order valence-electron chi connectivity index (χ4n) is 4.35. The standard InChI is InChI=1S/C27H23N3O3S2/c1-14-12-15(2)22-20(13-14)35-27(29-22)30-19(11-10-18-8-6-5-7-9-18)21(24(32)26(30)33)23(31)25-16(3)28-17(4)34-25/h5-13,19,32H,1-4H3. The smallest absolute Gasteiger partial charge is 0.296 e. The number of aryl methyl sites for hydroxylation is 4. The minimum Gasteiger partial charge on any atom is -0.503 e. The van der Waals surface area contributed by atoms with E-state index in [-0.39, 0.29) is 5.57 Å². The van der Waals surface area contributed by atoms with Crippen molar-refractivity contribution in [2.75, 3.05) is 4.90 Å². The normalized spacial score (nSPS) is 16.3. The summed E-state index contributed by atoms with van der Waals surface area (Å²) in [6, 6.07) is 12.9. The Balaban J connectivity index is 1.64. The number of ketones is 1. The number of aromatic nitrogens is 2. The predicted molar refractivity (Wildman–Crippen MR) is 141 cm³/mol. The number of rotatable bonds is 5. The van der Waals surface area contributed by atoms with Gasteiger partial charge in [-0.25, -0.2) is 9.97 Å². The minimum atomic E-state index is -0.807. The molecular weight excluding hydrogens is 478 g/mol. The molecule has 0 aliphatic carbocycles. The fourth-order valence-corrected chi connectivity index (χ4v) is 6.40. The Morgan fingerprint density at radius 3 is 2.49 bits per heavy atom. The highest BCUT2D eigenvalue weighted by Gasteiger charge is 2.44. The number of amides is 1. The molecular formula is C27H23N3O3S2. The number of carbonyl (C=O) groups is 2. The van der Waals surface area contributed by atoms with E-state index in [4.69, 9.17) is 4.98 Å². The number of carbonyl (C=O) groups excluding carboxylic acids is 2. The summed E-state index contributed by atoms with van der Waals surface area (Å²) in [6.45, 7) is 7.59. The average molecular weight is 502 g/mol. The summed E-state index contributed by atoms with van der Waals surface area (Å²) in [7, 11) is 0. The van der Waals surface area contributed by atoms with E-state index in [9.17, 15) is 14.7 Å². The lowest BCUT2D eigenvalue weighted by Gasteiger charge is -2.21. The molecule has 0 fully saturated rings. The molecule has 1 unspecified atom stereocenters. The van der Waals surface area contributed by atoms with E-state index in [0.717, 1.165) is 31.9 Å². The average Bonchev–Trinajstić information content (AvgIpc) is 3.46. The molecule has 1 aliphatic rings. The molecule has 176 valence electrons. The van der Waals surface area contributed by atoms with Crippen LogP contribution in [0, 0.1) is 27.7 Å². The summed E-state index contributed by atoms with van der Waals surface area (Å²) in [5.41, 5.74) is 4.46. The van der Waals surface area contributed by atoms with E-state index < -0.39 is 23.5 Å². The molecule has 0 bridgehead atoms. The van der Waals surface area contributed by atoms with Crippen LogP contribution < -0.4 is 4.90 Å². The Kier molecular flexibility index (Phi) is 5.86. The second-order valence-corrected chi connectivity index (χ2v) is 10.8. The lowest BCUT2D eigenvalue weighted by atomic mass is 10.0. The maximum atomic E-state index is 13.6. The van der Waals surface area contributed by atoms with Gasteiger partial charge in [0.05, 0.1) is 37.4 Å². The van der Waals surface area contributed by atoms with Crippen LogP contribution in [0.4, 0.5) is 5.13 Å². The van der Waals surface area contributed by atoms with Gasteiger partial charge >= 0.3 is 0 Å². The number of aliphatic hydroxyl groups excluding tert-OH is 1. The monoisotopic (exact) mass is 501 g/mol. The topological polar surface area (TPSA) is 83.4 Å². The molecule has 35 heavy (non-hydrogen) atoms. The van der Waals surface area contributed by atoms with Gasteiger partial charge < -0.3 is 5.11 Å². The van der Waals surface area contributed by atoms with Crippen LogP contribution in [0.1, 0.15) is 37.1 Å². The third-order valence-electron chi connectivity index (χ3n) is 5.90. The fraction of sp³-hybridized carbons (Fsp3) is 0.185. The number of hydrogen-bond donors (Lipinski definition) is 1. The van der Waals surface area contributed by atoms with Crippen molar-refractivity contribution in [2.45, 2.75) is 33.7 Å². The number of benzene rings is 2. The highest BCUT2D eigenvalue weighted by molar-refractivity contribution is 7.22. The Labute approximate surface area is 210 Å². The van der Waals surface area contributed by atoms with Gasteiger partial charge in [0.1, 0.15) is 0 Å². The van der Waals surface area contributed by atoms with Crippen molar-refractivity contribution in [3.63, 3.8) is 0 Å². The number of thiazole rings is 2. The van der Waals surface area contributed by atoms with Gasteiger partial charge in [-0.05, 0) is 50.5 Å². The third-order valence-corrected chi connectivity index (χ3v) is 7.97. The number of anilines is 1. The van der Waals surface area contributed by atoms with Crippen molar-refractivity contribution >= 4 is 55.8 Å². The molecule has 0 saturated carbocycles. The zero-order chi connectivity index (χ0) is 24.9. The first kappa shape index (κ1) is 23.1. The SMILES string of the molecule is Cc1cc(C)c2nc(N3C(=O)C(O)=C(C(=O)c4sc(C)nc4C)C3C=Cc3ccccc3)sc2c1. The first-order valence-corrected chi connectivity index (χ1v) is 12.7. The van der Waals surface area contributed by atoms with Gasteiger partial charge in [-0.2, -0.15) is 0 Å². The van der Waals surface area contributed by atoms with Crippen molar-refractivity contribution in [2.24, 2.45) is 0 Å². The van der Waals surface area contributed by atoms with E-state index in [0.29, 0.717) is 15.7 Å². The molecule has 2 aromatic carbocycles. The van der Waals surface area contributed by atoms with Crippen LogP contribution in [-0.2, 0) is 4.79 Å². The highest BCUT2D eigenvalue weighted by atomic mass is 32.1. The summed E-state index contributed by atoms with van der Waals surface area (Å²) in [4.78, 5) is 38.0. The molecule has 6 nitrogen and oxygen atoms in total. The zero-order valence-corrected chi connectivity index (χ0v) is 21.3. The van der Waals surface area contributed by atoms with Gasteiger partial charge in [-0.15, -0.1) is 11.3 Å².